The normalized spacial score (nSPS) is 18.9. The van der Waals surface area contributed by atoms with Gasteiger partial charge < -0.3 is 14.4 Å². The minimum absolute atomic E-state index is 0.0235. The van der Waals surface area contributed by atoms with E-state index in [0.29, 0.717) is 11.6 Å². The highest BCUT2D eigenvalue weighted by Crippen LogP contribution is 2.34. The standard InChI is InChI=1S/C11H15ClN2O3/c1-17-11(16)7-3-2-5-14-8(4-6-15)13-10(12)9(7)14/h7,15H,2-6H2,1H3. The SMILES string of the molecule is COC(=O)C1CCCn2c(CCO)nc(Cl)c21. The Labute approximate surface area is 104 Å². The van der Waals surface area contributed by atoms with Crippen LogP contribution in [0.15, 0.2) is 0 Å². The smallest absolute Gasteiger partial charge is 0.314 e. The van der Waals surface area contributed by atoms with E-state index >= 15 is 0 Å². The summed E-state index contributed by atoms with van der Waals surface area (Å²) in [5, 5.41) is 9.31. The minimum atomic E-state index is -0.332. The summed E-state index contributed by atoms with van der Waals surface area (Å²) in [6.07, 6.45) is 2.07. The number of aliphatic hydroxyl groups is 1. The molecule has 1 aromatic rings. The van der Waals surface area contributed by atoms with Gasteiger partial charge in [0.05, 0.1) is 19.4 Å². The van der Waals surface area contributed by atoms with E-state index in [0.717, 1.165) is 30.9 Å². The van der Waals surface area contributed by atoms with Crippen LogP contribution in [0.3, 0.4) is 0 Å². The second-order valence-corrected chi connectivity index (χ2v) is 4.41. The van der Waals surface area contributed by atoms with E-state index in [1.54, 1.807) is 0 Å². The zero-order valence-electron chi connectivity index (χ0n) is 9.65. The number of imidazole rings is 1. The molecule has 1 unspecified atom stereocenters. The number of methoxy groups -OCH3 is 1. The molecule has 0 saturated carbocycles. The van der Waals surface area contributed by atoms with Crippen molar-refractivity contribution in [2.75, 3.05) is 13.7 Å². The van der Waals surface area contributed by atoms with Crippen LogP contribution in [0.2, 0.25) is 5.15 Å². The first kappa shape index (κ1) is 12.4. The Kier molecular flexibility index (Phi) is 3.69. The number of hydrogen-bond acceptors (Lipinski definition) is 4. The topological polar surface area (TPSA) is 64.3 Å². The largest absolute Gasteiger partial charge is 0.469 e. The second kappa shape index (κ2) is 5.06. The number of aromatic nitrogens is 2. The van der Waals surface area contributed by atoms with E-state index in [-0.39, 0.29) is 18.5 Å². The summed E-state index contributed by atoms with van der Waals surface area (Å²) < 4.78 is 6.72. The van der Waals surface area contributed by atoms with Crippen LogP contribution in [0, 0.1) is 0 Å². The third-order valence-corrected chi connectivity index (χ3v) is 3.34. The summed E-state index contributed by atoms with van der Waals surface area (Å²) in [7, 11) is 1.38. The molecule has 5 nitrogen and oxygen atoms in total. The van der Waals surface area contributed by atoms with Crippen LogP contribution in [0.4, 0.5) is 0 Å². The summed E-state index contributed by atoms with van der Waals surface area (Å²) in [6.45, 7) is 0.813. The van der Waals surface area contributed by atoms with Crippen LogP contribution in [0.1, 0.15) is 30.3 Å². The number of esters is 1. The van der Waals surface area contributed by atoms with Crippen molar-refractivity contribution in [2.24, 2.45) is 0 Å². The summed E-state index contributed by atoms with van der Waals surface area (Å²) in [5.74, 6) is 0.130. The monoisotopic (exact) mass is 258 g/mol. The van der Waals surface area contributed by atoms with Crippen molar-refractivity contribution in [3.63, 3.8) is 0 Å². The molecule has 1 aliphatic heterocycles. The lowest BCUT2D eigenvalue weighted by Gasteiger charge is -2.23. The minimum Gasteiger partial charge on any atom is -0.469 e. The van der Waals surface area contributed by atoms with Gasteiger partial charge in [0.15, 0.2) is 5.15 Å². The van der Waals surface area contributed by atoms with Crippen molar-refractivity contribution in [3.8, 4) is 0 Å². The first-order valence-corrected chi connectivity index (χ1v) is 6.00. The van der Waals surface area contributed by atoms with Gasteiger partial charge in [-0.1, -0.05) is 11.6 Å². The summed E-state index contributed by atoms with van der Waals surface area (Å²) in [5.41, 5.74) is 0.730. The van der Waals surface area contributed by atoms with Gasteiger partial charge in [0.2, 0.25) is 0 Å². The Morgan fingerprint density at radius 1 is 1.71 bits per heavy atom. The van der Waals surface area contributed by atoms with Gasteiger partial charge in [0.25, 0.3) is 0 Å². The van der Waals surface area contributed by atoms with Crippen molar-refractivity contribution in [1.82, 2.24) is 9.55 Å². The molecule has 2 rings (SSSR count). The molecule has 6 heteroatoms. The summed E-state index contributed by atoms with van der Waals surface area (Å²) in [4.78, 5) is 15.9. The average Bonchev–Trinajstić information content (AvgIpc) is 2.66. The number of nitrogens with zero attached hydrogens (tertiary/aromatic N) is 2. The Morgan fingerprint density at radius 2 is 2.47 bits per heavy atom. The molecule has 1 aromatic heterocycles. The highest BCUT2D eigenvalue weighted by Gasteiger charge is 2.32. The molecule has 1 atom stereocenters. The number of halogens is 1. The molecule has 0 radical (unpaired) electrons. The number of aliphatic hydroxyl groups excluding tert-OH is 1. The van der Waals surface area contributed by atoms with Crippen LogP contribution < -0.4 is 0 Å². The van der Waals surface area contributed by atoms with E-state index in [1.807, 2.05) is 4.57 Å². The Hall–Kier alpha value is -1.07. The number of hydrogen-bond donors (Lipinski definition) is 1. The molecule has 0 spiro atoms. The fourth-order valence-electron chi connectivity index (χ4n) is 2.32. The first-order chi connectivity index (χ1) is 8.19. The molecule has 1 aliphatic rings. The molecular weight excluding hydrogens is 244 g/mol. The van der Waals surface area contributed by atoms with Gasteiger partial charge in [-0.3, -0.25) is 4.79 Å². The van der Waals surface area contributed by atoms with Crippen molar-refractivity contribution < 1.29 is 14.6 Å². The third-order valence-electron chi connectivity index (χ3n) is 3.07. The van der Waals surface area contributed by atoms with E-state index in [4.69, 9.17) is 21.4 Å². The van der Waals surface area contributed by atoms with E-state index in [9.17, 15) is 4.79 Å². The third kappa shape index (κ3) is 2.17. The van der Waals surface area contributed by atoms with Crippen molar-refractivity contribution in [2.45, 2.75) is 31.7 Å². The molecule has 17 heavy (non-hydrogen) atoms. The molecule has 0 fully saturated rings. The lowest BCUT2D eigenvalue weighted by molar-refractivity contribution is -0.143. The van der Waals surface area contributed by atoms with Crippen LogP contribution in [-0.2, 0) is 22.5 Å². The van der Waals surface area contributed by atoms with Gasteiger partial charge in [-0.05, 0) is 12.8 Å². The second-order valence-electron chi connectivity index (χ2n) is 4.05. The van der Waals surface area contributed by atoms with Crippen LogP contribution in [0.5, 0.6) is 0 Å². The fraction of sp³-hybridized carbons (Fsp3) is 0.636. The highest BCUT2D eigenvalue weighted by atomic mass is 35.5. The van der Waals surface area contributed by atoms with Crippen LogP contribution in [0.25, 0.3) is 0 Å². The van der Waals surface area contributed by atoms with Crippen molar-refractivity contribution in [3.05, 3.63) is 16.7 Å². The molecule has 0 aromatic carbocycles. The zero-order valence-corrected chi connectivity index (χ0v) is 10.4. The molecule has 1 N–H and O–H groups in total. The lowest BCUT2D eigenvalue weighted by Crippen LogP contribution is -2.24. The number of ether oxygens (including phenoxy) is 1. The van der Waals surface area contributed by atoms with E-state index < -0.39 is 0 Å². The predicted octanol–water partition coefficient (Wildman–Crippen LogP) is 1.12. The average molecular weight is 259 g/mol. The summed E-state index contributed by atoms with van der Waals surface area (Å²) >= 11 is 6.07. The zero-order chi connectivity index (χ0) is 12.4. The van der Waals surface area contributed by atoms with Crippen LogP contribution >= 0.6 is 11.6 Å². The van der Waals surface area contributed by atoms with Gasteiger partial charge in [0, 0.05) is 13.0 Å². The van der Waals surface area contributed by atoms with Gasteiger partial charge >= 0.3 is 5.97 Å². The van der Waals surface area contributed by atoms with E-state index in [2.05, 4.69) is 4.98 Å². The summed E-state index contributed by atoms with van der Waals surface area (Å²) in [6, 6.07) is 0. The van der Waals surface area contributed by atoms with Crippen molar-refractivity contribution in [1.29, 1.82) is 0 Å². The first-order valence-electron chi connectivity index (χ1n) is 5.62. The molecule has 0 aliphatic carbocycles. The number of carbonyl (C=O) groups excluding carboxylic acids is 1. The van der Waals surface area contributed by atoms with Gasteiger partial charge in [-0.2, -0.15) is 0 Å². The molecule has 94 valence electrons. The lowest BCUT2D eigenvalue weighted by atomic mass is 9.96. The quantitative estimate of drug-likeness (QED) is 0.826. The van der Waals surface area contributed by atoms with Crippen molar-refractivity contribution >= 4 is 17.6 Å². The van der Waals surface area contributed by atoms with Gasteiger partial charge in [-0.25, -0.2) is 4.98 Å². The van der Waals surface area contributed by atoms with E-state index in [1.165, 1.54) is 7.11 Å². The Morgan fingerprint density at radius 3 is 3.12 bits per heavy atom. The molecule has 0 bridgehead atoms. The van der Waals surface area contributed by atoms with Crippen LogP contribution in [-0.4, -0.2) is 34.3 Å². The van der Waals surface area contributed by atoms with Gasteiger partial charge in [-0.15, -0.1) is 0 Å². The highest BCUT2D eigenvalue weighted by molar-refractivity contribution is 6.30. The fourth-order valence-corrected chi connectivity index (χ4v) is 2.65. The number of carbonyl (C=O) groups is 1. The predicted molar refractivity (Wildman–Crippen MR) is 62.0 cm³/mol. The molecular formula is C11H15ClN2O3. The molecule has 0 saturated heterocycles. The van der Waals surface area contributed by atoms with Gasteiger partial charge in [0.1, 0.15) is 11.7 Å². The molecule has 2 heterocycles. The Balaban J connectivity index is 2.40. The Bertz CT molecular complexity index is 431. The molecule has 0 amide bonds. The maximum atomic E-state index is 11.7. The number of fused-ring (bicyclic) bond motifs is 1. The maximum absolute atomic E-state index is 11.7. The number of rotatable bonds is 3. The maximum Gasteiger partial charge on any atom is 0.314 e.